The van der Waals surface area contributed by atoms with Gasteiger partial charge in [-0.25, -0.2) is 14.8 Å². The molecule has 0 spiro atoms. The molecular weight excluding hydrogens is 334 g/mol. The molecule has 8 nitrogen and oxygen atoms in total. The fraction of sp³-hybridized carbons (Fsp3) is 0.667. The van der Waals surface area contributed by atoms with E-state index in [1.54, 1.807) is 33.2 Å². The lowest BCUT2D eigenvalue weighted by Gasteiger charge is -2.34. The third-order valence-corrected chi connectivity index (χ3v) is 4.07. The van der Waals surface area contributed by atoms with Crippen molar-refractivity contribution in [2.45, 2.75) is 45.1 Å². The van der Waals surface area contributed by atoms with Crippen LogP contribution in [-0.2, 0) is 19.0 Å². The van der Waals surface area contributed by atoms with Gasteiger partial charge in [-0.05, 0) is 51.0 Å². The lowest BCUT2D eigenvalue weighted by Crippen LogP contribution is -2.28. The van der Waals surface area contributed by atoms with E-state index in [-0.39, 0.29) is 24.4 Å². The van der Waals surface area contributed by atoms with Crippen LogP contribution in [0.5, 0.6) is 0 Å². The molecule has 1 aliphatic rings. The van der Waals surface area contributed by atoms with Crippen LogP contribution >= 0.6 is 0 Å². The van der Waals surface area contributed by atoms with E-state index in [4.69, 9.17) is 8.92 Å². The van der Waals surface area contributed by atoms with E-state index in [2.05, 4.69) is 15.3 Å². The van der Waals surface area contributed by atoms with E-state index < -0.39 is 21.8 Å². The van der Waals surface area contributed by atoms with Crippen LogP contribution in [0.1, 0.15) is 45.1 Å². The Labute approximate surface area is 142 Å². The number of hydrogen-bond donors (Lipinski definition) is 1. The van der Waals surface area contributed by atoms with Gasteiger partial charge in [0.15, 0.2) is 0 Å². The van der Waals surface area contributed by atoms with Gasteiger partial charge in [-0.2, -0.15) is 8.42 Å². The molecule has 1 aromatic heterocycles. The first-order chi connectivity index (χ1) is 11.0. The Kier molecular flexibility index (Phi) is 5.44. The van der Waals surface area contributed by atoms with Gasteiger partial charge in [-0.1, -0.05) is 0 Å². The smallest absolute Gasteiger partial charge is 0.414 e. The van der Waals surface area contributed by atoms with Gasteiger partial charge in [0, 0.05) is 12.4 Å². The standard InChI is InChI=1S/C15H23N3O5S/c1-15(2,3)23-14(19)18-13-16-7-12(8-17-13)11-5-10(6-11)9-22-24(4,20)21/h7-8,10-11H,5-6,9H2,1-4H3,(H,16,17,18,19). The molecule has 1 fully saturated rings. The first-order valence-electron chi connectivity index (χ1n) is 7.68. The Morgan fingerprint density at radius 3 is 2.38 bits per heavy atom. The van der Waals surface area contributed by atoms with Crippen molar-refractivity contribution in [3.63, 3.8) is 0 Å². The van der Waals surface area contributed by atoms with Gasteiger partial charge in [0.05, 0.1) is 12.9 Å². The van der Waals surface area contributed by atoms with E-state index in [1.807, 2.05) is 0 Å². The highest BCUT2D eigenvalue weighted by Crippen LogP contribution is 2.41. The van der Waals surface area contributed by atoms with Crippen LogP contribution in [0.3, 0.4) is 0 Å². The number of ether oxygens (including phenoxy) is 1. The minimum absolute atomic E-state index is 0.185. The molecule has 0 atom stereocenters. The van der Waals surface area contributed by atoms with Crippen molar-refractivity contribution >= 4 is 22.2 Å². The quantitative estimate of drug-likeness (QED) is 0.806. The van der Waals surface area contributed by atoms with Gasteiger partial charge in [0.1, 0.15) is 5.60 Å². The number of carbonyl (C=O) groups is 1. The van der Waals surface area contributed by atoms with Crippen molar-refractivity contribution in [2.24, 2.45) is 5.92 Å². The maximum Gasteiger partial charge on any atom is 0.414 e. The average molecular weight is 357 g/mol. The summed E-state index contributed by atoms with van der Waals surface area (Å²) in [6.45, 7) is 5.54. The fourth-order valence-corrected chi connectivity index (χ4v) is 2.81. The van der Waals surface area contributed by atoms with E-state index in [9.17, 15) is 13.2 Å². The van der Waals surface area contributed by atoms with Crippen LogP contribution in [0.15, 0.2) is 12.4 Å². The fourth-order valence-electron chi connectivity index (χ4n) is 2.37. The second-order valence-electron chi connectivity index (χ2n) is 6.99. The first-order valence-corrected chi connectivity index (χ1v) is 9.50. The minimum atomic E-state index is -3.38. The number of amides is 1. The Bertz CT molecular complexity index is 676. The number of carbonyl (C=O) groups excluding carboxylic acids is 1. The van der Waals surface area contributed by atoms with Gasteiger partial charge >= 0.3 is 6.09 Å². The van der Waals surface area contributed by atoms with Crippen LogP contribution in [0, 0.1) is 5.92 Å². The zero-order chi connectivity index (χ0) is 18.0. The normalized spacial score (nSPS) is 21.0. The Hall–Kier alpha value is -1.74. The lowest BCUT2D eigenvalue weighted by molar-refractivity contribution is 0.0634. The van der Waals surface area contributed by atoms with Gasteiger partial charge < -0.3 is 4.74 Å². The van der Waals surface area contributed by atoms with Crippen LogP contribution < -0.4 is 5.32 Å². The van der Waals surface area contributed by atoms with E-state index in [1.165, 1.54) is 0 Å². The summed E-state index contributed by atoms with van der Waals surface area (Å²) in [6, 6.07) is 0. The van der Waals surface area contributed by atoms with E-state index in [0.717, 1.165) is 24.7 Å². The molecule has 1 saturated carbocycles. The van der Waals surface area contributed by atoms with Crippen molar-refractivity contribution in [3.05, 3.63) is 18.0 Å². The molecule has 134 valence electrons. The number of hydrogen-bond acceptors (Lipinski definition) is 7. The monoisotopic (exact) mass is 357 g/mol. The number of nitrogens with one attached hydrogen (secondary N) is 1. The molecule has 0 aliphatic heterocycles. The number of aromatic nitrogens is 2. The highest BCUT2D eigenvalue weighted by atomic mass is 32.2. The summed E-state index contributed by atoms with van der Waals surface area (Å²) >= 11 is 0. The molecule has 1 aliphatic carbocycles. The largest absolute Gasteiger partial charge is 0.444 e. The van der Waals surface area contributed by atoms with Crippen LogP contribution in [0.4, 0.5) is 10.7 Å². The van der Waals surface area contributed by atoms with E-state index >= 15 is 0 Å². The van der Waals surface area contributed by atoms with Crippen LogP contribution in [-0.4, -0.2) is 42.9 Å². The summed E-state index contributed by atoms with van der Waals surface area (Å²) in [7, 11) is -3.38. The zero-order valence-corrected chi connectivity index (χ0v) is 15.1. The maximum absolute atomic E-state index is 11.6. The summed E-state index contributed by atoms with van der Waals surface area (Å²) in [5.74, 6) is 0.697. The molecule has 0 radical (unpaired) electrons. The Morgan fingerprint density at radius 2 is 1.88 bits per heavy atom. The molecule has 0 unspecified atom stereocenters. The predicted molar refractivity (Wildman–Crippen MR) is 88.1 cm³/mol. The number of nitrogens with zero attached hydrogens (tertiary/aromatic N) is 2. The third kappa shape index (κ3) is 6.04. The molecule has 24 heavy (non-hydrogen) atoms. The molecule has 0 saturated heterocycles. The van der Waals surface area contributed by atoms with Crippen molar-refractivity contribution in [1.82, 2.24) is 9.97 Å². The predicted octanol–water partition coefficient (Wildman–Crippen LogP) is 2.29. The van der Waals surface area contributed by atoms with Gasteiger partial charge in [-0.15, -0.1) is 0 Å². The summed E-state index contributed by atoms with van der Waals surface area (Å²) < 4.78 is 31.8. The van der Waals surface area contributed by atoms with Crippen LogP contribution in [0.2, 0.25) is 0 Å². The second kappa shape index (κ2) is 7.02. The number of rotatable bonds is 5. The van der Waals surface area contributed by atoms with Crippen molar-refractivity contribution in [2.75, 3.05) is 18.2 Å². The maximum atomic E-state index is 11.6. The summed E-state index contributed by atoms with van der Waals surface area (Å²) in [6.07, 6.45) is 5.44. The van der Waals surface area contributed by atoms with Gasteiger partial charge in [0.25, 0.3) is 10.1 Å². The SMILES string of the molecule is CC(C)(C)OC(=O)Nc1ncc(C2CC(COS(C)(=O)=O)C2)cn1. The molecule has 1 aromatic rings. The molecule has 1 amide bonds. The highest BCUT2D eigenvalue weighted by Gasteiger charge is 2.31. The van der Waals surface area contributed by atoms with Gasteiger partial charge in [-0.3, -0.25) is 9.50 Å². The minimum Gasteiger partial charge on any atom is -0.444 e. The summed E-state index contributed by atoms with van der Waals surface area (Å²) in [5.41, 5.74) is 0.374. The van der Waals surface area contributed by atoms with Gasteiger partial charge in [0.2, 0.25) is 5.95 Å². The first kappa shape index (κ1) is 18.6. The lowest BCUT2D eigenvalue weighted by atomic mass is 9.72. The molecular formula is C15H23N3O5S. The Balaban J connectivity index is 1.80. The summed E-state index contributed by atoms with van der Waals surface area (Å²) in [5, 5.41) is 2.48. The molecule has 1 heterocycles. The highest BCUT2D eigenvalue weighted by molar-refractivity contribution is 7.85. The molecule has 1 N–H and O–H groups in total. The second-order valence-corrected chi connectivity index (χ2v) is 8.63. The Morgan fingerprint density at radius 1 is 1.29 bits per heavy atom. The molecule has 0 aromatic carbocycles. The number of anilines is 1. The van der Waals surface area contributed by atoms with Crippen molar-refractivity contribution < 1.29 is 22.1 Å². The molecule has 9 heteroatoms. The van der Waals surface area contributed by atoms with Crippen molar-refractivity contribution in [3.8, 4) is 0 Å². The molecule has 2 rings (SSSR count). The zero-order valence-electron chi connectivity index (χ0n) is 14.3. The van der Waals surface area contributed by atoms with Crippen molar-refractivity contribution in [1.29, 1.82) is 0 Å². The summed E-state index contributed by atoms with van der Waals surface area (Å²) in [4.78, 5) is 19.9. The third-order valence-electron chi connectivity index (χ3n) is 3.51. The van der Waals surface area contributed by atoms with E-state index in [0.29, 0.717) is 0 Å². The van der Waals surface area contributed by atoms with Crippen LogP contribution in [0.25, 0.3) is 0 Å². The topological polar surface area (TPSA) is 107 Å². The average Bonchev–Trinajstić information content (AvgIpc) is 2.35. The molecule has 0 bridgehead atoms.